The van der Waals surface area contributed by atoms with Crippen LogP contribution in [0.1, 0.15) is 13.3 Å². The van der Waals surface area contributed by atoms with Gasteiger partial charge in [-0.25, -0.2) is 0 Å². The molecular formula is C9H12ClF2NS. The van der Waals surface area contributed by atoms with Gasteiger partial charge in [-0.15, -0.1) is 0 Å². The number of nitrogens with zero attached hydrogens (tertiary/aromatic N) is 1. The predicted octanol–water partition coefficient (Wildman–Crippen LogP) is 3.34. The topological polar surface area (TPSA) is 12.4 Å². The molecule has 0 saturated heterocycles. The lowest BCUT2D eigenvalue weighted by atomic mass is 10.1. The minimum Gasteiger partial charge on any atom is -0.281 e. The molecule has 1 rings (SSSR count). The number of thioether (sulfide) groups is 1. The second kappa shape index (κ2) is 4.62. The number of halogens is 3. The van der Waals surface area contributed by atoms with Gasteiger partial charge in [-0.1, -0.05) is 6.08 Å². The summed E-state index contributed by atoms with van der Waals surface area (Å²) in [5.74, 6) is 0. The molecule has 0 fully saturated rings. The van der Waals surface area contributed by atoms with Crippen LogP contribution >= 0.6 is 23.4 Å². The third-order valence-electron chi connectivity index (χ3n) is 2.18. The molecule has 2 atom stereocenters. The van der Waals surface area contributed by atoms with Gasteiger partial charge in [0, 0.05) is 11.5 Å². The van der Waals surface area contributed by atoms with Crippen molar-refractivity contribution in [2.45, 2.75) is 30.0 Å². The van der Waals surface area contributed by atoms with E-state index in [0.29, 0.717) is 5.25 Å². The van der Waals surface area contributed by atoms with Crippen LogP contribution in [-0.2, 0) is 0 Å². The molecule has 14 heavy (non-hydrogen) atoms. The molecule has 0 amide bonds. The van der Waals surface area contributed by atoms with Crippen LogP contribution in [0, 0.1) is 0 Å². The van der Waals surface area contributed by atoms with E-state index in [-0.39, 0.29) is 6.42 Å². The normalized spacial score (nSPS) is 24.6. The lowest BCUT2D eigenvalue weighted by Crippen LogP contribution is -2.27. The number of aliphatic imine (C=N–C) groups is 1. The monoisotopic (exact) mass is 239 g/mol. The van der Waals surface area contributed by atoms with Gasteiger partial charge in [0.15, 0.2) is 0 Å². The first-order chi connectivity index (χ1) is 6.45. The average molecular weight is 240 g/mol. The fraction of sp³-hybridized carbons (Fsp3) is 0.667. The number of hydrogen-bond acceptors (Lipinski definition) is 2. The molecule has 0 N–H and O–H groups in total. The van der Waals surface area contributed by atoms with Crippen molar-refractivity contribution in [2.24, 2.45) is 4.99 Å². The van der Waals surface area contributed by atoms with Crippen LogP contribution < -0.4 is 0 Å². The molecule has 0 bridgehead atoms. The van der Waals surface area contributed by atoms with Crippen molar-refractivity contribution >= 4 is 29.6 Å². The Balaban J connectivity index is 2.62. The summed E-state index contributed by atoms with van der Waals surface area (Å²) in [5, 5.41) is -2.94. The molecule has 0 radical (unpaired) electrons. The largest absolute Gasteiger partial charge is 0.343 e. The molecule has 1 heterocycles. The zero-order chi connectivity index (χ0) is 10.8. The molecule has 1 nitrogen and oxygen atoms in total. The highest BCUT2D eigenvalue weighted by Gasteiger charge is 2.37. The molecule has 0 spiro atoms. The van der Waals surface area contributed by atoms with Crippen molar-refractivity contribution in [3.05, 3.63) is 11.6 Å². The molecule has 0 aliphatic carbocycles. The predicted molar refractivity (Wildman–Crippen MR) is 58.8 cm³/mol. The number of alkyl halides is 3. The summed E-state index contributed by atoms with van der Waals surface area (Å²) in [6.07, 6.45) is 5.48. The molecule has 0 saturated carbocycles. The van der Waals surface area contributed by atoms with Gasteiger partial charge in [-0.3, -0.25) is 4.99 Å². The highest BCUT2D eigenvalue weighted by atomic mass is 35.5. The standard InChI is InChI=1S/C9H12ClF2NS/c1-6(14-2)7-3-4-8(13-5-7)9(10,11)12/h3,5-6,8H,4H2,1-2H3. The van der Waals surface area contributed by atoms with Gasteiger partial charge in [0.25, 0.3) is 0 Å². The zero-order valence-electron chi connectivity index (χ0n) is 8.01. The van der Waals surface area contributed by atoms with Crippen molar-refractivity contribution in [3.8, 4) is 0 Å². The molecule has 0 aromatic carbocycles. The van der Waals surface area contributed by atoms with Crippen LogP contribution in [0.4, 0.5) is 8.78 Å². The molecule has 2 unspecified atom stereocenters. The van der Waals surface area contributed by atoms with E-state index in [4.69, 9.17) is 11.6 Å². The number of hydrogen-bond donors (Lipinski definition) is 0. The van der Waals surface area contributed by atoms with Gasteiger partial charge in [-0.05, 0) is 36.8 Å². The smallest absolute Gasteiger partial charge is 0.281 e. The first kappa shape index (κ1) is 12.0. The van der Waals surface area contributed by atoms with Crippen molar-refractivity contribution in [1.29, 1.82) is 0 Å². The highest BCUT2D eigenvalue weighted by Crippen LogP contribution is 2.31. The maximum absolute atomic E-state index is 12.6. The minimum absolute atomic E-state index is 0.216. The van der Waals surface area contributed by atoms with Gasteiger partial charge in [0.2, 0.25) is 0 Å². The Labute approximate surface area is 91.6 Å². The Kier molecular flexibility index (Phi) is 3.95. The number of dihydropyridines is 1. The Hall–Kier alpha value is -0.0900. The maximum Gasteiger partial charge on any atom is 0.343 e. The van der Waals surface area contributed by atoms with Gasteiger partial charge in [-0.2, -0.15) is 20.5 Å². The summed E-state index contributed by atoms with van der Waals surface area (Å²) in [4.78, 5) is 3.76. The first-order valence-electron chi connectivity index (χ1n) is 4.28. The SMILES string of the molecule is CSC(C)C1=CCC(C(F)(F)Cl)N=C1. The second-order valence-corrected chi connectivity index (χ2v) is 4.84. The van der Waals surface area contributed by atoms with E-state index in [2.05, 4.69) is 4.99 Å². The van der Waals surface area contributed by atoms with E-state index < -0.39 is 11.4 Å². The van der Waals surface area contributed by atoms with Gasteiger partial charge < -0.3 is 0 Å². The average Bonchev–Trinajstić information content (AvgIpc) is 2.15. The Bertz CT molecular complexity index is 260. The third-order valence-corrected chi connectivity index (χ3v) is 3.41. The van der Waals surface area contributed by atoms with Crippen molar-refractivity contribution < 1.29 is 8.78 Å². The quantitative estimate of drug-likeness (QED) is 0.688. The highest BCUT2D eigenvalue weighted by molar-refractivity contribution is 7.99. The van der Waals surface area contributed by atoms with E-state index >= 15 is 0 Å². The summed E-state index contributed by atoms with van der Waals surface area (Å²) >= 11 is 6.55. The summed E-state index contributed by atoms with van der Waals surface area (Å²) in [7, 11) is 0. The zero-order valence-corrected chi connectivity index (χ0v) is 9.58. The van der Waals surface area contributed by atoms with Crippen LogP contribution in [0.5, 0.6) is 0 Å². The Morgan fingerprint density at radius 1 is 1.71 bits per heavy atom. The fourth-order valence-corrected chi connectivity index (χ4v) is 1.74. The molecule has 1 aliphatic heterocycles. The van der Waals surface area contributed by atoms with Crippen LogP contribution in [0.3, 0.4) is 0 Å². The molecule has 80 valence electrons. The second-order valence-electron chi connectivity index (χ2n) is 3.15. The van der Waals surface area contributed by atoms with E-state index in [0.717, 1.165) is 5.57 Å². The Morgan fingerprint density at radius 2 is 2.36 bits per heavy atom. The summed E-state index contributed by atoms with van der Waals surface area (Å²) in [6, 6.07) is -1.11. The van der Waals surface area contributed by atoms with Gasteiger partial charge in [0.05, 0.1) is 0 Å². The van der Waals surface area contributed by atoms with E-state index in [1.54, 1.807) is 17.8 Å². The molecule has 5 heteroatoms. The fourth-order valence-electron chi connectivity index (χ4n) is 1.16. The Morgan fingerprint density at radius 3 is 2.71 bits per heavy atom. The van der Waals surface area contributed by atoms with Gasteiger partial charge in [0.1, 0.15) is 6.04 Å². The van der Waals surface area contributed by atoms with E-state index in [9.17, 15) is 8.78 Å². The van der Waals surface area contributed by atoms with E-state index in [1.165, 1.54) is 6.21 Å². The first-order valence-corrected chi connectivity index (χ1v) is 5.94. The summed E-state index contributed by atoms with van der Waals surface area (Å²) in [6.45, 7) is 2.02. The van der Waals surface area contributed by atoms with Crippen LogP contribution in [0.2, 0.25) is 0 Å². The lowest BCUT2D eigenvalue weighted by Gasteiger charge is -2.21. The van der Waals surface area contributed by atoms with Crippen molar-refractivity contribution in [3.63, 3.8) is 0 Å². The van der Waals surface area contributed by atoms with Crippen LogP contribution in [-0.4, -0.2) is 29.1 Å². The van der Waals surface area contributed by atoms with Crippen molar-refractivity contribution in [1.82, 2.24) is 0 Å². The molecule has 0 aromatic rings. The summed E-state index contributed by atoms with van der Waals surface area (Å²) < 4.78 is 25.3. The van der Waals surface area contributed by atoms with E-state index in [1.807, 2.05) is 13.2 Å². The lowest BCUT2D eigenvalue weighted by molar-refractivity contribution is 0.0674. The summed E-state index contributed by atoms with van der Waals surface area (Å²) in [5.41, 5.74) is 0.995. The molecule has 0 aromatic heterocycles. The van der Waals surface area contributed by atoms with Crippen molar-refractivity contribution in [2.75, 3.05) is 6.26 Å². The third kappa shape index (κ3) is 2.95. The minimum atomic E-state index is -3.23. The molecular weight excluding hydrogens is 228 g/mol. The number of rotatable bonds is 3. The maximum atomic E-state index is 12.6. The molecule has 1 aliphatic rings. The van der Waals surface area contributed by atoms with Crippen LogP contribution in [0.25, 0.3) is 0 Å². The van der Waals surface area contributed by atoms with Gasteiger partial charge >= 0.3 is 5.38 Å². The van der Waals surface area contributed by atoms with Crippen LogP contribution in [0.15, 0.2) is 16.6 Å².